The highest BCUT2D eigenvalue weighted by atomic mass is 127. The number of aromatic nitrogens is 3. The third kappa shape index (κ3) is 7.19. The fraction of sp³-hybridized carbons (Fsp3) is 0.500. The van der Waals surface area contributed by atoms with Crippen LogP contribution in [0, 0.1) is 0 Å². The fourth-order valence-corrected chi connectivity index (χ4v) is 2.53. The number of aryl methyl sites for hydroxylation is 1. The Kier molecular flexibility index (Phi) is 10.7. The van der Waals surface area contributed by atoms with Crippen LogP contribution < -0.4 is 15.5 Å². The molecule has 0 aliphatic rings. The van der Waals surface area contributed by atoms with Crippen molar-refractivity contribution in [1.82, 2.24) is 25.4 Å². The van der Waals surface area contributed by atoms with Crippen LogP contribution in [-0.4, -0.2) is 46.9 Å². The molecule has 26 heavy (non-hydrogen) atoms. The average Bonchev–Trinajstić information content (AvgIpc) is 3.05. The minimum atomic E-state index is 0. The van der Waals surface area contributed by atoms with Gasteiger partial charge in [-0.1, -0.05) is 18.2 Å². The van der Waals surface area contributed by atoms with Gasteiger partial charge < -0.3 is 20.1 Å². The van der Waals surface area contributed by atoms with Gasteiger partial charge in [-0.3, -0.25) is 0 Å². The Hall–Kier alpha value is -1.84. The third-order valence-corrected chi connectivity index (χ3v) is 3.93. The molecule has 8 heteroatoms. The minimum Gasteiger partial charge on any atom is -0.372 e. The fourth-order valence-electron chi connectivity index (χ4n) is 2.53. The molecule has 0 radical (unpaired) electrons. The highest BCUT2D eigenvalue weighted by Crippen LogP contribution is 2.12. The van der Waals surface area contributed by atoms with E-state index < -0.39 is 0 Å². The topological polar surface area (TPSA) is 70.4 Å². The summed E-state index contributed by atoms with van der Waals surface area (Å²) in [5.41, 5.74) is 1.27. The molecule has 0 unspecified atom stereocenters. The van der Waals surface area contributed by atoms with Crippen LogP contribution in [0.2, 0.25) is 0 Å². The second kappa shape index (κ2) is 12.5. The van der Waals surface area contributed by atoms with E-state index >= 15 is 0 Å². The van der Waals surface area contributed by atoms with Gasteiger partial charge in [0.25, 0.3) is 0 Å². The Morgan fingerprint density at radius 2 is 1.96 bits per heavy atom. The maximum Gasteiger partial charge on any atom is 0.191 e. The van der Waals surface area contributed by atoms with Crippen LogP contribution >= 0.6 is 24.0 Å². The van der Waals surface area contributed by atoms with Crippen molar-refractivity contribution >= 4 is 35.6 Å². The number of benzene rings is 1. The van der Waals surface area contributed by atoms with Crippen molar-refractivity contribution in [3.63, 3.8) is 0 Å². The molecule has 0 amide bonds. The molecule has 1 aromatic heterocycles. The lowest BCUT2D eigenvalue weighted by molar-refractivity contribution is 0.705. The second-order valence-corrected chi connectivity index (χ2v) is 5.75. The predicted octanol–water partition coefficient (Wildman–Crippen LogP) is 2.40. The van der Waals surface area contributed by atoms with Crippen molar-refractivity contribution in [2.45, 2.75) is 26.8 Å². The van der Waals surface area contributed by atoms with Gasteiger partial charge in [0.2, 0.25) is 0 Å². The van der Waals surface area contributed by atoms with Crippen molar-refractivity contribution < 1.29 is 0 Å². The average molecular weight is 471 g/mol. The number of hydrogen-bond acceptors (Lipinski definition) is 4. The van der Waals surface area contributed by atoms with Crippen LogP contribution in [0.3, 0.4) is 0 Å². The van der Waals surface area contributed by atoms with E-state index in [4.69, 9.17) is 0 Å². The first-order valence-corrected chi connectivity index (χ1v) is 8.89. The molecule has 0 saturated heterocycles. The monoisotopic (exact) mass is 471 g/mol. The van der Waals surface area contributed by atoms with E-state index in [1.54, 1.807) is 6.33 Å². The lowest BCUT2D eigenvalue weighted by Crippen LogP contribution is -2.39. The van der Waals surface area contributed by atoms with Gasteiger partial charge in [-0.05, 0) is 32.4 Å². The van der Waals surface area contributed by atoms with Crippen molar-refractivity contribution in [2.24, 2.45) is 12.0 Å². The molecule has 0 bridgehead atoms. The van der Waals surface area contributed by atoms with Gasteiger partial charge in [-0.15, -0.1) is 34.2 Å². The zero-order valence-electron chi connectivity index (χ0n) is 15.9. The lowest BCUT2D eigenvalue weighted by Gasteiger charge is -2.23. The van der Waals surface area contributed by atoms with E-state index in [0.29, 0.717) is 6.54 Å². The van der Waals surface area contributed by atoms with Crippen LogP contribution in [0.1, 0.15) is 26.1 Å². The van der Waals surface area contributed by atoms with E-state index in [0.717, 1.165) is 44.4 Å². The Balaban J connectivity index is 0.00000338. The molecular weight excluding hydrogens is 441 g/mol. The van der Waals surface area contributed by atoms with Gasteiger partial charge in [-0.2, -0.15) is 0 Å². The number of hydrogen-bond donors (Lipinski definition) is 2. The number of guanidine groups is 1. The molecule has 144 valence electrons. The van der Waals surface area contributed by atoms with Crippen LogP contribution in [0.25, 0.3) is 0 Å². The summed E-state index contributed by atoms with van der Waals surface area (Å²) in [5, 5.41) is 14.6. The van der Waals surface area contributed by atoms with Gasteiger partial charge in [0.1, 0.15) is 12.9 Å². The summed E-state index contributed by atoms with van der Waals surface area (Å²) in [7, 11) is 1.92. The standard InChI is InChI=1S/C18H29N7.HI/c1-4-19-18(21-14-17-23-22-15-24(17)3)20-12-9-13-25(5-2)16-10-7-6-8-11-16;/h6-8,10-11,15H,4-5,9,12-14H2,1-3H3,(H2,19,20,21);1H. The molecule has 7 nitrogen and oxygen atoms in total. The molecule has 0 atom stereocenters. The maximum atomic E-state index is 4.57. The molecule has 0 aliphatic heterocycles. The molecular formula is C18H30IN7. The highest BCUT2D eigenvalue weighted by Gasteiger charge is 2.04. The quantitative estimate of drug-likeness (QED) is 0.255. The molecule has 2 aromatic rings. The largest absolute Gasteiger partial charge is 0.372 e. The SMILES string of the molecule is CCNC(=NCc1nncn1C)NCCCN(CC)c1ccccc1.I. The Labute approximate surface area is 173 Å². The lowest BCUT2D eigenvalue weighted by atomic mass is 10.2. The summed E-state index contributed by atoms with van der Waals surface area (Å²) >= 11 is 0. The molecule has 2 rings (SSSR count). The number of aliphatic imine (C=N–C) groups is 1. The van der Waals surface area contributed by atoms with Gasteiger partial charge in [-0.25, -0.2) is 4.99 Å². The molecule has 0 aliphatic carbocycles. The third-order valence-electron chi connectivity index (χ3n) is 3.93. The second-order valence-electron chi connectivity index (χ2n) is 5.75. The summed E-state index contributed by atoms with van der Waals surface area (Å²) in [6.45, 7) is 8.47. The molecule has 0 saturated carbocycles. The van der Waals surface area contributed by atoms with E-state index in [2.05, 4.69) is 74.9 Å². The summed E-state index contributed by atoms with van der Waals surface area (Å²) < 4.78 is 1.88. The van der Waals surface area contributed by atoms with Crippen LogP contribution in [0.4, 0.5) is 5.69 Å². The molecule has 0 spiro atoms. The molecule has 2 N–H and O–H groups in total. The predicted molar refractivity (Wildman–Crippen MR) is 118 cm³/mol. The Morgan fingerprint density at radius 1 is 1.19 bits per heavy atom. The van der Waals surface area contributed by atoms with Gasteiger partial charge in [0.15, 0.2) is 11.8 Å². The number of nitrogens with one attached hydrogen (secondary N) is 2. The van der Waals surface area contributed by atoms with E-state index in [-0.39, 0.29) is 24.0 Å². The van der Waals surface area contributed by atoms with Gasteiger partial charge in [0, 0.05) is 38.9 Å². The van der Waals surface area contributed by atoms with Gasteiger partial charge >= 0.3 is 0 Å². The summed E-state index contributed by atoms with van der Waals surface area (Å²) in [6.07, 6.45) is 2.73. The number of rotatable bonds is 9. The van der Waals surface area contributed by atoms with E-state index in [9.17, 15) is 0 Å². The number of nitrogens with zero attached hydrogens (tertiary/aromatic N) is 5. The van der Waals surface area contributed by atoms with E-state index in [1.165, 1.54) is 5.69 Å². The van der Waals surface area contributed by atoms with Crippen LogP contribution in [0.15, 0.2) is 41.7 Å². The molecule has 1 aromatic carbocycles. The maximum absolute atomic E-state index is 4.57. The van der Waals surface area contributed by atoms with Crippen molar-refractivity contribution in [1.29, 1.82) is 0 Å². The van der Waals surface area contributed by atoms with Crippen molar-refractivity contribution in [3.05, 3.63) is 42.5 Å². The number of para-hydroxylation sites is 1. The summed E-state index contributed by atoms with van der Waals surface area (Å²) in [4.78, 5) is 6.95. The minimum absolute atomic E-state index is 0. The number of halogens is 1. The zero-order valence-corrected chi connectivity index (χ0v) is 18.2. The Morgan fingerprint density at radius 3 is 2.58 bits per heavy atom. The first kappa shape index (κ1) is 22.2. The first-order chi connectivity index (χ1) is 12.2. The normalized spacial score (nSPS) is 11.0. The molecule has 0 fully saturated rings. The van der Waals surface area contributed by atoms with Crippen LogP contribution in [0.5, 0.6) is 0 Å². The number of anilines is 1. The van der Waals surface area contributed by atoms with Crippen molar-refractivity contribution in [2.75, 3.05) is 31.1 Å². The molecule has 1 heterocycles. The highest BCUT2D eigenvalue weighted by molar-refractivity contribution is 14.0. The first-order valence-electron chi connectivity index (χ1n) is 8.89. The van der Waals surface area contributed by atoms with E-state index in [1.807, 2.05) is 11.6 Å². The smallest absolute Gasteiger partial charge is 0.191 e. The van der Waals surface area contributed by atoms with Crippen LogP contribution in [-0.2, 0) is 13.6 Å². The summed E-state index contributed by atoms with van der Waals surface area (Å²) in [5.74, 6) is 1.66. The zero-order chi connectivity index (χ0) is 17.9. The van der Waals surface area contributed by atoms with Gasteiger partial charge in [0.05, 0.1) is 0 Å². The Bertz CT molecular complexity index is 642. The summed E-state index contributed by atoms with van der Waals surface area (Å²) in [6, 6.07) is 10.5. The van der Waals surface area contributed by atoms with Crippen molar-refractivity contribution in [3.8, 4) is 0 Å².